The second-order valence-electron chi connectivity index (χ2n) is 3.10. The first-order valence-electron chi connectivity index (χ1n) is 4.75. The summed E-state index contributed by atoms with van der Waals surface area (Å²) in [5.74, 6) is 1.78. The summed E-state index contributed by atoms with van der Waals surface area (Å²) in [6.07, 6.45) is 3.76. The molecule has 0 amide bonds. The van der Waals surface area contributed by atoms with Gasteiger partial charge in [0.15, 0.2) is 16.8 Å². The lowest BCUT2D eigenvalue weighted by Crippen LogP contribution is -2.08. The smallest absolute Gasteiger partial charge is 0.223 e. The molecule has 0 saturated carbocycles. The van der Waals surface area contributed by atoms with E-state index in [9.17, 15) is 0 Å². The molecule has 0 fully saturated rings. The van der Waals surface area contributed by atoms with Crippen molar-refractivity contribution in [2.75, 3.05) is 11.9 Å². The predicted octanol–water partition coefficient (Wildman–Crippen LogP) is 1.48. The van der Waals surface area contributed by atoms with Gasteiger partial charge in [-0.05, 0) is 0 Å². The molecule has 84 valence electrons. The van der Waals surface area contributed by atoms with Gasteiger partial charge in [-0.2, -0.15) is 4.98 Å². The average Bonchev–Trinajstić information content (AvgIpc) is 2.67. The number of rotatable bonds is 4. The second-order valence-corrected chi connectivity index (χ2v) is 3.46. The topological polar surface area (TPSA) is 76.7 Å². The number of aryl methyl sites for hydroxylation is 1. The highest BCUT2D eigenvalue weighted by Gasteiger charge is 2.04. The van der Waals surface area contributed by atoms with Crippen LogP contribution in [0.1, 0.15) is 11.7 Å². The van der Waals surface area contributed by atoms with Crippen LogP contribution in [0.4, 0.5) is 5.82 Å². The Bertz CT molecular complexity index is 472. The summed E-state index contributed by atoms with van der Waals surface area (Å²) in [4.78, 5) is 12.0. The zero-order chi connectivity index (χ0) is 11.4. The number of nitrogens with one attached hydrogen (secondary N) is 1. The van der Waals surface area contributed by atoms with Gasteiger partial charge in [-0.1, -0.05) is 16.8 Å². The van der Waals surface area contributed by atoms with E-state index in [4.69, 9.17) is 16.1 Å². The molecule has 6 nitrogen and oxygen atoms in total. The Hall–Kier alpha value is -1.69. The van der Waals surface area contributed by atoms with Gasteiger partial charge in [0, 0.05) is 32.3 Å². The maximum absolute atomic E-state index is 5.82. The largest absolute Gasteiger partial charge is 0.367 e. The molecule has 0 radical (unpaired) electrons. The third kappa shape index (κ3) is 2.66. The van der Waals surface area contributed by atoms with Crippen molar-refractivity contribution in [3.05, 3.63) is 29.3 Å². The van der Waals surface area contributed by atoms with E-state index in [2.05, 4.69) is 25.4 Å². The molecular formula is C9H10ClN5O. The van der Waals surface area contributed by atoms with Gasteiger partial charge in [0.05, 0.1) is 0 Å². The zero-order valence-corrected chi connectivity index (χ0v) is 9.40. The van der Waals surface area contributed by atoms with Gasteiger partial charge in [0.25, 0.3) is 0 Å². The highest BCUT2D eigenvalue weighted by molar-refractivity contribution is 6.31. The van der Waals surface area contributed by atoms with Gasteiger partial charge in [-0.25, -0.2) is 9.97 Å². The second kappa shape index (κ2) is 4.89. The fraction of sp³-hybridized carbons (Fsp3) is 0.333. The van der Waals surface area contributed by atoms with E-state index >= 15 is 0 Å². The van der Waals surface area contributed by atoms with Gasteiger partial charge >= 0.3 is 0 Å². The summed E-state index contributed by atoms with van der Waals surface area (Å²) in [7, 11) is 0. The Labute approximate surface area is 97.1 Å². The first-order chi connectivity index (χ1) is 7.75. The van der Waals surface area contributed by atoms with Crippen LogP contribution in [0.25, 0.3) is 0 Å². The summed E-state index contributed by atoms with van der Waals surface area (Å²) in [5, 5.41) is 7.17. The maximum atomic E-state index is 5.82. The molecule has 0 aromatic carbocycles. The number of halogens is 1. The van der Waals surface area contributed by atoms with Crippen LogP contribution < -0.4 is 5.32 Å². The molecule has 7 heteroatoms. The molecular weight excluding hydrogens is 230 g/mol. The minimum Gasteiger partial charge on any atom is -0.367 e. The molecule has 0 aliphatic rings. The Morgan fingerprint density at radius 3 is 2.88 bits per heavy atom. The zero-order valence-electron chi connectivity index (χ0n) is 8.64. The number of aromatic nitrogens is 4. The van der Waals surface area contributed by atoms with Crippen molar-refractivity contribution in [2.45, 2.75) is 13.3 Å². The van der Waals surface area contributed by atoms with Gasteiger partial charge in [0.2, 0.25) is 5.89 Å². The van der Waals surface area contributed by atoms with Gasteiger partial charge in [-0.15, -0.1) is 0 Å². The highest BCUT2D eigenvalue weighted by Crippen LogP contribution is 2.13. The molecule has 1 N–H and O–H groups in total. The molecule has 0 saturated heterocycles. The summed E-state index contributed by atoms with van der Waals surface area (Å²) >= 11 is 5.82. The van der Waals surface area contributed by atoms with Crippen molar-refractivity contribution in [1.82, 2.24) is 20.1 Å². The summed E-state index contributed by atoms with van der Waals surface area (Å²) in [6, 6.07) is 0. The van der Waals surface area contributed by atoms with Crippen molar-refractivity contribution in [3.8, 4) is 0 Å². The third-order valence-corrected chi connectivity index (χ3v) is 2.14. The van der Waals surface area contributed by atoms with Crippen LogP contribution in [-0.2, 0) is 6.42 Å². The first kappa shape index (κ1) is 10.8. The SMILES string of the molecule is Cc1nc(CCNc2nccnc2Cl)no1. The fourth-order valence-corrected chi connectivity index (χ4v) is 1.35. The lowest BCUT2D eigenvalue weighted by molar-refractivity contribution is 0.387. The normalized spacial score (nSPS) is 10.4. The van der Waals surface area contributed by atoms with E-state index in [-0.39, 0.29) is 0 Å². The summed E-state index contributed by atoms with van der Waals surface area (Å²) in [5.41, 5.74) is 0. The van der Waals surface area contributed by atoms with Crippen LogP contribution in [0, 0.1) is 6.92 Å². The third-order valence-electron chi connectivity index (χ3n) is 1.86. The minimum atomic E-state index is 0.354. The Balaban J connectivity index is 1.87. The Kier molecular flexibility index (Phi) is 3.31. The molecule has 2 rings (SSSR count). The maximum Gasteiger partial charge on any atom is 0.223 e. The summed E-state index contributed by atoms with van der Waals surface area (Å²) < 4.78 is 4.85. The quantitative estimate of drug-likeness (QED) is 0.871. The minimum absolute atomic E-state index is 0.354. The lowest BCUT2D eigenvalue weighted by atomic mass is 10.4. The number of hydrogen-bond donors (Lipinski definition) is 1. The number of anilines is 1. The first-order valence-corrected chi connectivity index (χ1v) is 5.13. The monoisotopic (exact) mass is 239 g/mol. The van der Waals surface area contributed by atoms with Crippen LogP contribution in [0.15, 0.2) is 16.9 Å². The molecule has 0 atom stereocenters. The van der Waals surface area contributed by atoms with Gasteiger partial charge in [0.1, 0.15) is 0 Å². The standard InChI is InChI=1S/C9H10ClN5O/c1-6-14-7(15-16-6)2-3-12-9-8(10)11-4-5-13-9/h4-5H,2-3H2,1H3,(H,12,13). The van der Waals surface area contributed by atoms with Crippen molar-refractivity contribution in [3.63, 3.8) is 0 Å². The van der Waals surface area contributed by atoms with E-state index in [1.165, 1.54) is 6.20 Å². The highest BCUT2D eigenvalue weighted by atomic mass is 35.5. The molecule has 0 aliphatic carbocycles. The van der Waals surface area contributed by atoms with Crippen molar-refractivity contribution < 1.29 is 4.52 Å². The van der Waals surface area contributed by atoms with Crippen LogP contribution in [0.2, 0.25) is 5.15 Å². The van der Waals surface area contributed by atoms with E-state index in [0.29, 0.717) is 35.7 Å². The van der Waals surface area contributed by atoms with Gasteiger partial charge in [-0.3, -0.25) is 0 Å². The van der Waals surface area contributed by atoms with Gasteiger partial charge < -0.3 is 9.84 Å². The molecule has 2 aromatic rings. The van der Waals surface area contributed by atoms with Crippen molar-refractivity contribution >= 4 is 17.4 Å². The van der Waals surface area contributed by atoms with Crippen molar-refractivity contribution in [2.24, 2.45) is 0 Å². The van der Waals surface area contributed by atoms with Crippen LogP contribution in [-0.4, -0.2) is 26.7 Å². The van der Waals surface area contributed by atoms with E-state index in [1.807, 2.05) is 0 Å². The number of nitrogens with zero attached hydrogens (tertiary/aromatic N) is 4. The Morgan fingerprint density at radius 2 is 2.19 bits per heavy atom. The predicted molar refractivity (Wildman–Crippen MR) is 58.3 cm³/mol. The molecule has 0 spiro atoms. The molecule has 2 heterocycles. The molecule has 0 unspecified atom stereocenters. The van der Waals surface area contributed by atoms with E-state index in [1.54, 1.807) is 13.1 Å². The van der Waals surface area contributed by atoms with E-state index < -0.39 is 0 Å². The molecule has 2 aromatic heterocycles. The molecule has 0 bridgehead atoms. The molecule has 0 aliphatic heterocycles. The lowest BCUT2D eigenvalue weighted by Gasteiger charge is -2.03. The van der Waals surface area contributed by atoms with E-state index in [0.717, 1.165) is 0 Å². The molecule has 16 heavy (non-hydrogen) atoms. The Morgan fingerprint density at radius 1 is 1.38 bits per heavy atom. The average molecular weight is 240 g/mol. The summed E-state index contributed by atoms with van der Waals surface area (Å²) in [6.45, 7) is 2.38. The number of hydrogen-bond acceptors (Lipinski definition) is 6. The van der Waals surface area contributed by atoms with Crippen LogP contribution >= 0.6 is 11.6 Å². The van der Waals surface area contributed by atoms with Crippen molar-refractivity contribution in [1.29, 1.82) is 0 Å². The van der Waals surface area contributed by atoms with Crippen LogP contribution in [0.3, 0.4) is 0 Å². The fourth-order valence-electron chi connectivity index (χ4n) is 1.18. The van der Waals surface area contributed by atoms with Crippen LogP contribution in [0.5, 0.6) is 0 Å².